The number of hydrogen-bond donors (Lipinski definition) is 1. The molecule has 0 saturated carbocycles. The van der Waals surface area contributed by atoms with Gasteiger partial charge in [0.15, 0.2) is 0 Å². The highest BCUT2D eigenvalue weighted by Gasteiger charge is 2.27. The van der Waals surface area contributed by atoms with Crippen LogP contribution in [0.4, 0.5) is 0 Å². The second-order valence-electron chi connectivity index (χ2n) is 5.30. The number of aliphatic hydroxyl groups excluding tert-OH is 1. The van der Waals surface area contributed by atoms with Gasteiger partial charge in [0.2, 0.25) is 5.91 Å². The summed E-state index contributed by atoms with van der Waals surface area (Å²) in [6.45, 7) is 1.45. The third-order valence-corrected chi connectivity index (χ3v) is 4.32. The predicted octanol–water partition coefficient (Wildman–Crippen LogP) is 2.98. The molecule has 1 aliphatic rings. The molecule has 1 saturated heterocycles. The molecule has 1 N–H and O–H groups in total. The second kappa shape index (κ2) is 8.39. The molecule has 5 heteroatoms. The molecular formula is C16H22BrNO3. The maximum atomic E-state index is 12.2. The van der Waals surface area contributed by atoms with Crippen LogP contribution in [0, 0.1) is 0 Å². The Morgan fingerprint density at radius 2 is 2.14 bits per heavy atom. The fourth-order valence-corrected chi connectivity index (χ4v) is 2.99. The normalized spacial score (nSPS) is 18.0. The van der Waals surface area contributed by atoms with Gasteiger partial charge in [0.25, 0.3) is 0 Å². The molecule has 1 amide bonds. The van der Waals surface area contributed by atoms with Crippen LogP contribution in [-0.2, 0) is 4.79 Å². The first-order valence-electron chi connectivity index (χ1n) is 7.49. The molecule has 1 heterocycles. The van der Waals surface area contributed by atoms with Gasteiger partial charge < -0.3 is 14.7 Å². The number of halogens is 1. The van der Waals surface area contributed by atoms with E-state index < -0.39 is 0 Å². The summed E-state index contributed by atoms with van der Waals surface area (Å²) >= 11 is 3.37. The molecule has 21 heavy (non-hydrogen) atoms. The summed E-state index contributed by atoms with van der Waals surface area (Å²) in [6, 6.07) is 7.91. The molecule has 0 radical (unpaired) electrons. The molecule has 1 aromatic carbocycles. The summed E-state index contributed by atoms with van der Waals surface area (Å²) < 4.78 is 6.61. The topological polar surface area (TPSA) is 49.8 Å². The smallest absolute Gasteiger partial charge is 0.226 e. The highest BCUT2D eigenvalue weighted by molar-refractivity contribution is 9.10. The van der Waals surface area contributed by atoms with Crippen molar-refractivity contribution in [3.63, 3.8) is 0 Å². The van der Waals surface area contributed by atoms with E-state index in [9.17, 15) is 4.79 Å². The number of rotatable bonds is 7. The molecule has 0 aliphatic carbocycles. The van der Waals surface area contributed by atoms with Crippen LogP contribution in [0.3, 0.4) is 0 Å². The van der Waals surface area contributed by atoms with E-state index in [0.29, 0.717) is 19.1 Å². The maximum absolute atomic E-state index is 12.2. The first-order valence-corrected chi connectivity index (χ1v) is 8.28. The monoisotopic (exact) mass is 355 g/mol. The van der Waals surface area contributed by atoms with Gasteiger partial charge in [-0.25, -0.2) is 0 Å². The summed E-state index contributed by atoms with van der Waals surface area (Å²) in [4.78, 5) is 14.2. The van der Waals surface area contributed by atoms with Crippen LogP contribution < -0.4 is 4.74 Å². The van der Waals surface area contributed by atoms with Crippen LogP contribution in [0.2, 0.25) is 0 Å². The van der Waals surface area contributed by atoms with Gasteiger partial charge in [-0.3, -0.25) is 4.79 Å². The Kier molecular flexibility index (Phi) is 6.51. The second-order valence-corrected chi connectivity index (χ2v) is 6.22. The van der Waals surface area contributed by atoms with Gasteiger partial charge in [-0.15, -0.1) is 0 Å². The SMILES string of the molecule is O=C(CCOc1ccc(Br)cc1)N1CCCC1CCCO. The zero-order valence-electron chi connectivity index (χ0n) is 12.1. The van der Waals surface area contributed by atoms with Crippen molar-refractivity contribution in [2.24, 2.45) is 0 Å². The zero-order valence-corrected chi connectivity index (χ0v) is 13.7. The number of hydrogen-bond acceptors (Lipinski definition) is 3. The molecule has 0 bridgehead atoms. The third kappa shape index (κ3) is 5.00. The van der Waals surface area contributed by atoms with Crippen LogP contribution in [0.5, 0.6) is 5.75 Å². The lowest BCUT2D eigenvalue weighted by molar-refractivity contribution is -0.132. The number of likely N-dealkylation sites (tertiary alicyclic amines) is 1. The fraction of sp³-hybridized carbons (Fsp3) is 0.562. The van der Waals surface area contributed by atoms with E-state index in [1.165, 1.54) is 0 Å². The van der Waals surface area contributed by atoms with Crippen molar-refractivity contribution in [1.82, 2.24) is 4.90 Å². The molecule has 4 nitrogen and oxygen atoms in total. The van der Waals surface area contributed by atoms with E-state index in [4.69, 9.17) is 9.84 Å². The van der Waals surface area contributed by atoms with Crippen molar-refractivity contribution in [3.8, 4) is 5.75 Å². The van der Waals surface area contributed by atoms with Gasteiger partial charge in [0, 0.05) is 23.7 Å². The molecule has 0 aromatic heterocycles. The van der Waals surface area contributed by atoms with Gasteiger partial charge in [-0.2, -0.15) is 0 Å². The first kappa shape index (κ1) is 16.3. The Balaban J connectivity index is 1.74. The molecule has 1 aliphatic heterocycles. The Bertz CT molecular complexity index is 449. The van der Waals surface area contributed by atoms with Gasteiger partial charge in [-0.05, 0) is 49.9 Å². The standard InChI is InChI=1S/C16H22BrNO3/c17-13-5-7-15(8-6-13)21-12-9-16(20)18-10-1-3-14(18)4-2-11-19/h5-8,14,19H,1-4,9-12H2. The van der Waals surface area contributed by atoms with E-state index in [2.05, 4.69) is 15.9 Å². The van der Waals surface area contributed by atoms with Crippen molar-refractivity contribution < 1.29 is 14.6 Å². The van der Waals surface area contributed by atoms with E-state index in [1.807, 2.05) is 29.2 Å². The van der Waals surface area contributed by atoms with Crippen molar-refractivity contribution in [3.05, 3.63) is 28.7 Å². The van der Waals surface area contributed by atoms with Crippen molar-refractivity contribution in [1.29, 1.82) is 0 Å². The van der Waals surface area contributed by atoms with Crippen LogP contribution in [0.1, 0.15) is 32.1 Å². The number of carbonyl (C=O) groups excluding carboxylic acids is 1. The van der Waals surface area contributed by atoms with Gasteiger partial charge >= 0.3 is 0 Å². The number of carbonyl (C=O) groups is 1. The summed E-state index contributed by atoms with van der Waals surface area (Å²) in [5, 5.41) is 8.91. The molecule has 1 atom stereocenters. The Morgan fingerprint density at radius 3 is 2.86 bits per heavy atom. The number of benzene rings is 1. The summed E-state index contributed by atoms with van der Waals surface area (Å²) in [5.41, 5.74) is 0. The number of nitrogens with zero attached hydrogens (tertiary/aromatic N) is 1. The Hall–Kier alpha value is -1.07. The summed E-state index contributed by atoms with van der Waals surface area (Å²) in [6.07, 6.45) is 4.19. The predicted molar refractivity (Wildman–Crippen MR) is 85.3 cm³/mol. The molecule has 1 aromatic rings. The molecule has 116 valence electrons. The van der Waals surface area contributed by atoms with Crippen molar-refractivity contribution in [2.75, 3.05) is 19.8 Å². The minimum Gasteiger partial charge on any atom is -0.493 e. The average Bonchev–Trinajstić information content (AvgIpc) is 2.95. The number of ether oxygens (including phenoxy) is 1. The fourth-order valence-electron chi connectivity index (χ4n) is 2.72. The lowest BCUT2D eigenvalue weighted by Gasteiger charge is -2.24. The minimum atomic E-state index is 0.160. The minimum absolute atomic E-state index is 0.160. The van der Waals surface area contributed by atoms with Gasteiger partial charge in [0.05, 0.1) is 13.0 Å². The van der Waals surface area contributed by atoms with Crippen molar-refractivity contribution in [2.45, 2.75) is 38.1 Å². The van der Waals surface area contributed by atoms with Gasteiger partial charge in [-0.1, -0.05) is 15.9 Å². The molecular weight excluding hydrogens is 334 g/mol. The molecule has 1 unspecified atom stereocenters. The first-order chi connectivity index (χ1) is 10.2. The van der Waals surface area contributed by atoms with Crippen LogP contribution in [0.15, 0.2) is 28.7 Å². The van der Waals surface area contributed by atoms with Crippen LogP contribution in [0.25, 0.3) is 0 Å². The molecule has 2 rings (SSSR count). The Morgan fingerprint density at radius 1 is 1.38 bits per heavy atom. The Labute approximate surface area is 134 Å². The van der Waals surface area contributed by atoms with Crippen molar-refractivity contribution >= 4 is 21.8 Å². The van der Waals surface area contributed by atoms with Crippen LogP contribution in [-0.4, -0.2) is 41.7 Å². The lowest BCUT2D eigenvalue weighted by atomic mass is 10.1. The van der Waals surface area contributed by atoms with Crippen LogP contribution >= 0.6 is 15.9 Å². The number of amides is 1. The zero-order chi connectivity index (χ0) is 15.1. The molecule has 1 fully saturated rings. The van der Waals surface area contributed by atoms with Gasteiger partial charge in [0.1, 0.15) is 5.75 Å². The van der Waals surface area contributed by atoms with E-state index in [1.54, 1.807) is 0 Å². The quantitative estimate of drug-likeness (QED) is 0.817. The number of aliphatic hydroxyl groups is 1. The summed E-state index contributed by atoms with van der Waals surface area (Å²) in [5.74, 6) is 0.941. The van der Waals surface area contributed by atoms with E-state index in [-0.39, 0.29) is 12.5 Å². The van der Waals surface area contributed by atoms with E-state index >= 15 is 0 Å². The highest BCUT2D eigenvalue weighted by Crippen LogP contribution is 2.22. The average molecular weight is 356 g/mol. The lowest BCUT2D eigenvalue weighted by Crippen LogP contribution is -2.36. The molecule has 0 spiro atoms. The van der Waals surface area contributed by atoms with E-state index in [0.717, 1.165) is 42.5 Å². The third-order valence-electron chi connectivity index (χ3n) is 3.79. The maximum Gasteiger partial charge on any atom is 0.226 e. The highest BCUT2D eigenvalue weighted by atomic mass is 79.9. The largest absolute Gasteiger partial charge is 0.493 e. The summed E-state index contributed by atoms with van der Waals surface area (Å²) in [7, 11) is 0.